The topological polar surface area (TPSA) is 84.9 Å². The standard InChI is InChI=1S/C24H24N2O5/c1-14-7-8-20-21(9-14)24(29)26(23(20)28)17-6-4-5-15(10-17)22(27)25-16-11-18(30-2)13-19(12-16)31-3/h4-7,10-13,20-21H,8-9H2,1-3H3,(H,25,27)/t20-,21-/m1/s1. The third kappa shape index (κ3) is 3.91. The minimum Gasteiger partial charge on any atom is -0.497 e. The molecule has 2 aliphatic rings. The number of nitrogens with zero attached hydrogens (tertiary/aromatic N) is 1. The Morgan fingerprint density at radius 3 is 2.35 bits per heavy atom. The Hall–Kier alpha value is -3.61. The van der Waals surface area contributed by atoms with Crippen molar-refractivity contribution in [2.75, 3.05) is 24.4 Å². The Kier molecular flexibility index (Phi) is 5.50. The van der Waals surface area contributed by atoms with Gasteiger partial charge in [0.25, 0.3) is 5.91 Å². The van der Waals surface area contributed by atoms with Gasteiger partial charge in [-0.2, -0.15) is 0 Å². The van der Waals surface area contributed by atoms with Gasteiger partial charge in [-0.15, -0.1) is 0 Å². The average Bonchev–Trinajstić information content (AvgIpc) is 3.02. The summed E-state index contributed by atoms with van der Waals surface area (Å²) in [4.78, 5) is 40.0. The summed E-state index contributed by atoms with van der Waals surface area (Å²) in [5, 5.41) is 2.81. The minimum absolute atomic E-state index is 0.197. The van der Waals surface area contributed by atoms with Crippen LogP contribution in [0.1, 0.15) is 30.1 Å². The number of allylic oxidation sites excluding steroid dienone is 2. The van der Waals surface area contributed by atoms with Gasteiger partial charge < -0.3 is 14.8 Å². The number of rotatable bonds is 5. The zero-order valence-corrected chi connectivity index (χ0v) is 17.7. The molecule has 7 heteroatoms. The van der Waals surface area contributed by atoms with Gasteiger partial charge in [-0.25, -0.2) is 0 Å². The number of fused-ring (bicyclic) bond motifs is 1. The second-order valence-corrected chi connectivity index (χ2v) is 7.82. The minimum atomic E-state index is -0.369. The maximum atomic E-state index is 13.0. The highest BCUT2D eigenvalue weighted by atomic mass is 16.5. The van der Waals surface area contributed by atoms with E-state index in [1.165, 1.54) is 19.1 Å². The zero-order valence-electron chi connectivity index (χ0n) is 17.7. The van der Waals surface area contributed by atoms with Crippen molar-refractivity contribution in [3.63, 3.8) is 0 Å². The quantitative estimate of drug-likeness (QED) is 0.587. The first-order valence-corrected chi connectivity index (χ1v) is 10.1. The van der Waals surface area contributed by atoms with Crippen molar-refractivity contribution in [2.24, 2.45) is 11.8 Å². The lowest BCUT2D eigenvalue weighted by Gasteiger charge is -2.18. The molecular weight excluding hydrogens is 396 g/mol. The fourth-order valence-corrected chi connectivity index (χ4v) is 4.16. The maximum absolute atomic E-state index is 13.0. The molecular formula is C24H24N2O5. The van der Waals surface area contributed by atoms with Crippen LogP contribution in [0.5, 0.6) is 11.5 Å². The molecule has 3 amide bonds. The third-order valence-electron chi connectivity index (χ3n) is 5.80. The third-order valence-corrected chi connectivity index (χ3v) is 5.80. The second kappa shape index (κ2) is 8.26. The van der Waals surface area contributed by atoms with Crippen molar-refractivity contribution < 1.29 is 23.9 Å². The van der Waals surface area contributed by atoms with E-state index in [4.69, 9.17) is 9.47 Å². The summed E-state index contributed by atoms with van der Waals surface area (Å²) in [5.41, 5.74) is 2.39. The lowest BCUT2D eigenvalue weighted by molar-refractivity contribution is -0.122. The van der Waals surface area contributed by atoms with Crippen molar-refractivity contribution in [3.05, 3.63) is 59.7 Å². The smallest absolute Gasteiger partial charge is 0.255 e. The molecule has 4 rings (SSSR count). The lowest BCUT2D eigenvalue weighted by atomic mass is 9.82. The molecule has 1 N–H and O–H groups in total. The highest BCUT2D eigenvalue weighted by Gasteiger charge is 2.48. The summed E-state index contributed by atoms with van der Waals surface area (Å²) in [6.07, 6.45) is 3.21. The SMILES string of the molecule is COc1cc(NC(=O)c2cccc(N3C(=O)[C@@H]4CC=C(C)C[C@H]4C3=O)c2)cc(OC)c1. The van der Waals surface area contributed by atoms with E-state index < -0.39 is 0 Å². The van der Waals surface area contributed by atoms with Crippen LogP contribution in [0.2, 0.25) is 0 Å². The van der Waals surface area contributed by atoms with E-state index in [0.29, 0.717) is 41.3 Å². The second-order valence-electron chi connectivity index (χ2n) is 7.82. The monoisotopic (exact) mass is 420 g/mol. The van der Waals surface area contributed by atoms with Crippen LogP contribution >= 0.6 is 0 Å². The number of ether oxygens (including phenoxy) is 2. The number of nitrogens with one attached hydrogen (secondary N) is 1. The molecule has 2 aromatic carbocycles. The molecule has 7 nitrogen and oxygen atoms in total. The van der Waals surface area contributed by atoms with Gasteiger partial charge in [-0.3, -0.25) is 19.3 Å². The number of amides is 3. The predicted molar refractivity (Wildman–Crippen MR) is 116 cm³/mol. The maximum Gasteiger partial charge on any atom is 0.255 e. The van der Waals surface area contributed by atoms with Crippen molar-refractivity contribution in [1.29, 1.82) is 0 Å². The van der Waals surface area contributed by atoms with Crippen LogP contribution in [0, 0.1) is 11.8 Å². The van der Waals surface area contributed by atoms with E-state index in [0.717, 1.165) is 5.57 Å². The molecule has 2 aromatic rings. The van der Waals surface area contributed by atoms with E-state index in [-0.39, 0.29) is 29.6 Å². The van der Waals surface area contributed by atoms with Crippen LogP contribution in [0.3, 0.4) is 0 Å². The van der Waals surface area contributed by atoms with Gasteiger partial charge in [0.2, 0.25) is 11.8 Å². The molecule has 0 saturated carbocycles. The molecule has 1 heterocycles. The number of benzene rings is 2. The molecule has 1 aliphatic heterocycles. The van der Waals surface area contributed by atoms with Crippen LogP contribution in [0.4, 0.5) is 11.4 Å². The summed E-state index contributed by atoms with van der Waals surface area (Å²) in [7, 11) is 3.06. The average molecular weight is 420 g/mol. The van der Waals surface area contributed by atoms with Gasteiger partial charge in [-0.05, 0) is 38.0 Å². The summed E-state index contributed by atoms with van der Waals surface area (Å²) in [5.74, 6) is -0.318. The van der Waals surface area contributed by atoms with Gasteiger partial charge in [0, 0.05) is 29.4 Å². The van der Waals surface area contributed by atoms with Gasteiger partial charge >= 0.3 is 0 Å². The van der Waals surface area contributed by atoms with Crippen LogP contribution < -0.4 is 19.7 Å². The van der Waals surface area contributed by atoms with Gasteiger partial charge in [0.1, 0.15) is 11.5 Å². The normalized spacial score (nSPS) is 20.2. The molecule has 1 saturated heterocycles. The first kappa shape index (κ1) is 20.7. The lowest BCUT2D eigenvalue weighted by Crippen LogP contribution is -2.31. The van der Waals surface area contributed by atoms with Crippen LogP contribution in [0.15, 0.2) is 54.1 Å². The summed E-state index contributed by atoms with van der Waals surface area (Å²) >= 11 is 0. The number of hydrogen-bond acceptors (Lipinski definition) is 5. The molecule has 31 heavy (non-hydrogen) atoms. The number of anilines is 2. The molecule has 0 bridgehead atoms. The Bertz CT molecular complexity index is 1070. The molecule has 1 fully saturated rings. The molecule has 0 unspecified atom stereocenters. The molecule has 2 atom stereocenters. The van der Waals surface area contributed by atoms with Crippen molar-refractivity contribution in [2.45, 2.75) is 19.8 Å². The molecule has 0 spiro atoms. The number of hydrogen-bond donors (Lipinski definition) is 1. The zero-order chi connectivity index (χ0) is 22.1. The highest BCUT2D eigenvalue weighted by molar-refractivity contribution is 6.22. The predicted octanol–water partition coefficient (Wildman–Crippen LogP) is 3.80. The summed E-state index contributed by atoms with van der Waals surface area (Å²) < 4.78 is 10.5. The number of carbonyl (C=O) groups excluding carboxylic acids is 3. The van der Waals surface area contributed by atoms with Crippen molar-refractivity contribution in [1.82, 2.24) is 0 Å². The van der Waals surface area contributed by atoms with E-state index in [1.54, 1.807) is 42.5 Å². The molecule has 160 valence electrons. The Labute approximate surface area is 180 Å². The van der Waals surface area contributed by atoms with E-state index in [2.05, 4.69) is 5.32 Å². The highest BCUT2D eigenvalue weighted by Crippen LogP contribution is 2.39. The van der Waals surface area contributed by atoms with Crippen LogP contribution in [0.25, 0.3) is 0 Å². The van der Waals surface area contributed by atoms with E-state index in [9.17, 15) is 14.4 Å². The Balaban J connectivity index is 1.57. The Morgan fingerprint density at radius 1 is 1.00 bits per heavy atom. The van der Waals surface area contributed by atoms with Crippen molar-refractivity contribution >= 4 is 29.1 Å². The van der Waals surface area contributed by atoms with E-state index >= 15 is 0 Å². The summed E-state index contributed by atoms with van der Waals surface area (Å²) in [6, 6.07) is 11.6. The van der Waals surface area contributed by atoms with Gasteiger partial charge in [-0.1, -0.05) is 17.7 Å². The molecule has 0 aromatic heterocycles. The van der Waals surface area contributed by atoms with Crippen LogP contribution in [-0.4, -0.2) is 31.9 Å². The van der Waals surface area contributed by atoms with Gasteiger partial charge in [0.15, 0.2) is 0 Å². The first-order chi connectivity index (χ1) is 14.9. The fourth-order valence-electron chi connectivity index (χ4n) is 4.16. The van der Waals surface area contributed by atoms with E-state index in [1.807, 2.05) is 13.0 Å². The van der Waals surface area contributed by atoms with Crippen LogP contribution in [-0.2, 0) is 9.59 Å². The fraction of sp³-hybridized carbons (Fsp3) is 0.292. The molecule has 0 radical (unpaired) electrons. The molecule has 1 aliphatic carbocycles. The first-order valence-electron chi connectivity index (χ1n) is 10.1. The summed E-state index contributed by atoms with van der Waals surface area (Å²) in [6.45, 7) is 1.98. The largest absolute Gasteiger partial charge is 0.497 e. The number of imide groups is 1. The van der Waals surface area contributed by atoms with Crippen molar-refractivity contribution in [3.8, 4) is 11.5 Å². The number of methoxy groups -OCH3 is 2. The van der Waals surface area contributed by atoms with Gasteiger partial charge in [0.05, 0.1) is 31.7 Å². The Morgan fingerprint density at radius 2 is 1.68 bits per heavy atom. The number of carbonyl (C=O) groups is 3.